The van der Waals surface area contributed by atoms with Crippen LogP contribution in [0.15, 0.2) is 42.5 Å². The lowest BCUT2D eigenvalue weighted by atomic mass is 9.94. The molecule has 1 aliphatic carbocycles. The van der Waals surface area contributed by atoms with Gasteiger partial charge in [-0.05, 0) is 48.7 Å². The highest BCUT2D eigenvalue weighted by Crippen LogP contribution is 2.49. The number of benzene rings is 2. The van der Waals surface area contributed by atoms with Crippen molar-refractivity contribution in [2.75, 3.05) is 19.5 Å². The van der Waals surface area contributed by atoms with Crippen molar-refractivity contribution in [2.45, 2.75) is 18.3 Å². The first kappa shape index (κ1) is 18.6. The Bertz CT molecular complexity index is 886. The molecule has 1 aliphatic rings. The second kappa shape index (κ2) is 7.19. The molecule has 1 fully saturated rings. The van der Waals surface area contributed by atoms with Gasteiger partial charge in [-0.2, -0.15) is 0 Å². The van der Waals surface area contributed by atoms with Crippen LogP contribution < -0.4 is 5.32 Å². The zero-order chi connectivity index (χ0) is 19.6. The number of hydrogen-bond acceptors (Lipinski definition) is 5. The van der Waals surface area contributed by atoms with E-state index in [9.17, 15) is 18.8 Å². The molecule has 1 amide bonds. The summed E-state index contributed by atoms with van der Waals surface area (Å²) in [5, 5.41) is 2.72. The largest absolute Gasteiger partial charge is 0.465 e. The Labute approximate surface area is 155 Å². The molecule has 1 saturated carbocycles. The molecule has 140 valence electrons. The Hall–Kier alpha value is -3.22. The van der Waals surface area contributed by atoms with Gasteiger partial charge < -0.3 is 14.8 Å². The Morgan fingerprint density at radius 1 is 0.963 bits per heavy atom. The molecule has 6 nitrogen and oxygen atoms in total. The number of carbonyl (C=O) groups excluding carboxylic acids is 3. The Balaban J connectivity index is 1.91. The van der Waals surface area contributed by atoms with E-state index < -0.39 is 23.2 Å². The summed E-state index contributed by atoms with van der Waals surface area (Å²) in [5.41, 5.74) is 0.246. The van der Waals surface area contributed by atoms with Gasteiger partial charge in [-0.15, -0.1) is 0 Å². The van der Waals surface area contributed by atoms with Crippen molar-refractivity contribution in [2.24, 2.45) is 0 Å². The summed E-state index contributed by atoms with van der Waals surface area (Å²) in [6, 6.07) is 10.1. The second-order valence-corrected chi connectivity index (χ2v) is 6.33. The van der Waals surface area contributed by atoms with Crippen LogP contribution in [0.5, 0.6) is 0 Å². The second-order valence-electron chi connectivity index (χ2n) is 6.33. The van der Waals surface area contributed by atoms with Gasteiger partial charge in [0.05, 0.1) is 30.8 Å². The number of rotatable bonds is 5. The summed E-state index contributed by atoms with van der Waals surface area (Å²) in [7, 11) is 2.43. The van der Waals surface area contributed by atoms with Crippen molar-refractivity contribution in [3.05, 3.63) is 65.0 Å². The van der Waals surface area contributed by atoms with Gasteiger partial charge in [-0.3, -0.25) is 4.79 Å². The monoisotopic (exact) mass is 371 g/mol. The number of anilines is 1. The van der Waals surface area contributed by atoms with Gasteiger partial charge in [0.1, 0.15) is 5.82 Å². The van der Waals surface area contributed by atoms with Gasteiger partial charge >= 0.3 is 11.9 Å². The van der Waals surface area contributed by atoms with Gasteiger partial charge in [0.2, 0.25) is 5.91 Å². The van der Waals surface area contributed by atoms with Crippen molar-refractivity contribution >= 4 is 23.5 Å². The quantitative estimate of drug-likeness (QED) is 0.817. The van der Waals surface area contributed by atoms with Crippen molar-refractivity contribution < 1.29 is 28.2 Å². The minimum atomic E-state index is -0.811. The molecule has 0 atom stereocenters. The lowest BCUT2D eigenvalue weighted by Gasteiger charge is -2.17. The van der Waals surface area contributed by atoms with Crippen LogP contribution in [0.4, 0.5) is 10.1 Å². The molecule has 7 heteroatoms. The van der Waals surface area contributed by atoms with Crippen molar-refractivity contribution in [3.63, 3.8) is 0 Å². The van der Waals surface area contributed by atoms with E-state index in [0.29, 0.717) is 18.4 Å². The first-order valence-electron chi connectivity index (χ1n) is 8.29. The normalized spacial score (nSPS) is 14.2. The molecule has 27 heavy (non-hydrogen) atoms. The van der Waals surface area contributed by atoms with Gasteiger partial charge in [0, 0.05) is 5.69 Å². The highest BCUT2D eigenvalue weighted by Gasteiger charge is 2.51. The molecule has 2 aromatic carbocycles. The average Bonchev–Trinajstić information content (AvgIpc) is 3.48. The van der Waals surface area contributed by atoms with E-state index in [2.05, 4.69) is 14.8 Å². The van der Waals surface area contributed by atoms with Crippen LogP contribution in [0.2, 0.25) is 0 Å². The van der Waals surface area contributed by atoms with Gasteiger partial charge in [-0.1, -0.05) is 12.1 Å². The predicted octanol–water partition coefficient (Wildman–Crippen LogP) is 3.07. The summed E-state index contributed by atoms with van der Waals surface area (Å²) in [6.07, 6.45) is 1.17. The highest BCUT2D eigenvalue weighted by atomic mass is 19.1. The highest BCUT2D eigenvalue weighted by molar-refractivity contribution is 6.04. The molecule has 1 N–H and O–H groups in total. The first-order valence-corrected chi connectivity index (χ1v) is 8.29. The fraction of sp³-hybridized carbons (Fsp3) is 0.250. The Morgan fingerprint density at radius 3 is 2.04 bits per heavy atom. The molecular weight excluding hydrogens is 353 g/mol. The molecule has 3 rings (SSSR count). The number of hydrogen-bond donors (Lipinski definition) is 1. The molecule has 0 heterocycles. The van der Waals surface area contributed by atoms with Crippen molar-refractivity contribution in [1.82, 2.24) is 0 Å². The van der Waals surface area contributed by atoms with Crippen molar-refractivity contribution in [1.29, 1.82) is 0 Å². The maximum atomic E-state index is 13.5. The lowest BCUT2D eigenvalue weighted by Crippen LogP contribution is -2.28. The molecular formula is C20H18FNO5. The SMILES string of the molecule is COC(=O)c1cc(NC(=O)C2(c3cccc(F)c3)CC2)cc(C(=O)OC)c1. The minimum Gasteiger partial charge on any atom is -0.465 e. The lowest BCUT2D eigenvalue weighted by molar-refractivity contribution is -0.118. The number of esters is 2. The number of amides is 1. The van der Waals surface area contributed by atoms with E-state index >= 15 is 0 Å². The van der Waals surface area contributed by atoms with Crippen LogP contribution in [0.3, 0.4) is 0 Å². The maximum absolute atomic E-state index is 13.5. The number of carbonyl (C=O) groups is 3. The third-order valence-electron chi connectivity index (χ3n) is 4.59. The zero-order valence-electron chi connectivity index (χ0n) is 14.9. The molecule has 0 spiro atoms. The van der Waals surface area contributed by atoms with Crippen LogP contribution in [0.25, 0.3) is 0 Å². The fourth-order valence-electron chi connectivity index (χ4n) is 2.98. The predicted molar refractivity (Wildman–Crippen MR) is 95.1 cm³/mol. The van der Waals surface area contributed by atoms with Crippen molar-refractivity contribution in [3.8, 4) is 0 Å². The summed E-state index contributed by atoms with van der Waals surface area (Å²) in [6.45, 7) is 0. The number of ether oxygens (including phenoxy) is 2. The molecule has 0 unspecified atom stereocenters. The topological polar surface area (TPSA) is 81.7 Å². The zero-order valence-corrected chi connectivity index (χ0v) is 14.9. The molecule has 0 bridgehead atoms. The number of methoxy groups -OCH3 is 2. The summed E-state index contributed by atoms with van der Waals surface area (Å²) >= 11 is 0. The number of nitrogens with one attached hydrogen (secondary N) is 1. The fourth-order valence-corrected chi connectivity index (χ4v) is 2.98. The van der Waals surface area contributed by atoms with E-state index in [1.54, 1.807) is 12.1 Å². The summed E-state index contributed by atoms with van der Waals surface area (Å²) < 4.78 is 22.9. The van der Waals surface area contributed by atoms with Gasteiger partial charge in [-0.25, -0.2) is 14.0 Å². The molecule has 0 radical (unpaired) electrons. The summed E-state index contributed by atoms with van der Waals surface area (Å²) in [4.78, 5) is 36.6. The molecule has 2 aromatic rings. The third-order valence-corrected chi connectivity index (χ3v) is 4.59. The van der Waals surface area contributed by atoms with E-state index in [0.717, 1.165) is 0 Å². The van der Waals surface area contributed by atoms with E-state index in [4.69, 9.17) is 0 Å². The Kier molecular flexibility index (Phi) is 4.94. The maximum Gasteiger partial charge on any atom is 0.337 e. The Morgan fingerprint density at radius 2 is 1.56 bits per heavy atom. The molecule has 0 saturated heterocycles. The van der Waals surface area contributed by atoms with E-state index in [1.165, 1.54) is 44.6 Å². The first-order chi connectivity index (χ1) is 12.9. The molecule has 0 aliphatic heterocycles. The molecule has 0 aromatic heterocycles. The third kappa shape index (κ3) is 3.67. The van der Waals surface area contributed by atoms with E-state index in [1.807, 2.05) is 0 Å². The van der Waals surface area contributed by atoms with E-state index in [-0.39, 0.29) is 22.7 Å². The van der Waals surface area contributed by atoms with Crippen LogP contribution in [-0.2, 0) is 19.7 Å². The van der Waals surface area contributed by atoms with Gasteiger partial charge in [0.15, 0.2) is 0 Å². The van der Waals surface area contributed by atoms with Crippen LogP contribution in [0, 0.1) is 5.82 Å². The standard InChI is InChI=1S/C20H18FNO5/c1-26-17(23)12-8-13(18(24)27-2)10-16(9-12)22-19(25)20(6-7-20)14-4-3-5-15(21)11-14/h3-5,8-11H,6-7H2,1-2H3,(H,22,25). The van der Waals surface area contributed by atoms with Gasteiger partial charge in [0.25, 0.3) is 0 Å². The average molecular weight is 371 g/mol. The van der Waals surface area contributed by atoms with Crippen LogP contribution >= 0.6 is 0 Å². The summed E-state index contributed by atoms with van der Waals surface area (Å²) in [5.74, 6) is -2.04. The number of halogens is 1. The smallest absolute Gasteiger partial charge is 0.337 e. The van der Waals surface area contributed by atoms with Crippen LogP contribution in [-0.4, -0.2) is 32.1 Å². The van der Waals surface area contributed by atoms with Crippen LogP contribution in [0.1, 0.15) is 39.1 Å². The minimum absolute atomic E-state index is 0.103.